The average molecular weight is 288 g/mol. The lowest BCUT2D eigenvalue weighted by Gasteiger charge is -2.14. The number of ether oxygens (including phenoxy) is 1. The Labute approximate surface area is 131 Å². The smallest absolute Gasteiger partial charge is 0.0923 e. The van der Waals surface area contributed by atoms with Crippen LogP contribution in [0.2, 0.25) is 0 Å². The molecule has 1 nitrogen and oxygen atoms in total. The number of epoxide rings is 1. The van der Waals surface area contributed by atoms with Crippen LogP contribution < -0.4 is 0 Å². The molecule has 1 heterocycles. The summed E-state index contributed by atoms with van der Waals surface area (Å²) < 4.78 is 6.01. The highest BCUT2D eigenvalue weighted by Gasteiger charge is 2.50. The number of allylic oxidation sites excluding steroid dienone is 6. The van der Waals surface area contributed by atoms with Crippen molar-refractivity contribution in [1.82, 2.24) is 0 Å². The molecule has 1 saturated heterocycles. The van der Waals surface area contributed by atoms with Crippen LogP contribution in [0.4, 0.5) is 0 Å². The predicted molar refractivity (Wildman–Crippen MR) is 91.4 cm³/mol. The average Bonchev–Trinajstić information content (AvgIpc) is 3.06. The fraction of sp³-hybridized carbons (Fsp3) is 0.700. The quantitative estimate of drug-likeness (QED) is 0.427. The van der Waals surface area contributed by atoms with E-state index in [1.54, 1.807) is 5.57 Å². The second-order valence-electron chi connectivity index (χ2n) is 7.46. The first kappa shape index (κ1) is 16.5. The molecule has 0 unspecified atom stereocenters. The zero-order valence-electron chi connectivity index (χ0n) is 14.5. The van der Waals surface area contributed by atoms with E-state index in [9.17, 15) is 0 Å². The molecule has 0 aromatic rings. The summed E-state index contributed by atoms with van der Waals surface area (Å²) in [7, 11) is 0. The van der Waals surface area contributed by atoms with E-state index in [2.05, 4.69) is 52.8 Å². The fourth-order valence-electron chi connectivity index (χ4n) is 3.17. The van der Waals surface area contributed by atoms with Gasteiger partial charge in [-0.15, -0.1) is 0 Å². The number of hydrogen-bond donors (Lipinski definition) is 0. The SMILES string of the molecule is C/C1=C\C=C(\C(C)C)CC[C@]2(C)O[C@H]2CC/C(C)=C/CC1. The summed E-state index contributed by atoms with van der Waals surface area (Å²) in [6.07, 6.45) is 14.6. The minimum Gasteiger partial charge on any atom is -0.366 e. The van der Waals surface area contributed by atoms with Gasteiger partial charge in [0, 0.05) is 0 Å². The van der Waals surface area contributed by atoms with Crippen LogP contribution >= 0.6 is 0 Å². The van der Waals surface area contributed by atoms with E-state index in [0.717, 1.165) is 6.42 Å². The number of rotatable bonds is 1. The van der Waals surface area contributed by atoms with Crippen LogP contribution in [0.1, 0.15) is 73.1 Å². The first-order valence-electron chi connectivity index (χ1n) is 8.60. The topological polar surface area (TPSA) is 12.5 Å². The predicted octanol–water partition coefficient (Wildman–Crippen LogP) is 5.97. The van der Waals surface area contributed by atoms with Gasteiger partial charge in [0.15, 0.2) is 0 Å². The van der Waals surface area contributed by atoms with Crippen molar-refractivity contribution in [1.29, 1.82) is 0 Å². The van der Waals surface area contributed by atoms with Crippen LogP contribution in [0.15, 0.2) is 34.9 Å². The first-order valence-corrected chi connectivity index (χ1v) is 8.60. The van der Waals surface area contributed by atoms with Gasteiger partial charge in [0.25, 0.3) is 0 Å². The maximum atomic E-state index is 6.01. The van der Waals surface area contributed by atoms with Crippen molar-refractivity contribution in [2.45, 2.75) is 84.8 Å². The highest BCUT2D eigenvalue weighted by atomic mass is 16.6. The van der Waals surface area contributed by atoms with Gasteiger partial charge in [-0.05, 0) is 65.2 Å². The normalized spacial score (nSPS) is 39.1. The molecule has 0 radical (unpaired) electrons. The van der Waals surface area contributed by atoms with Gasteiger partial charge >= 0.3 is 0 Å². The Morgan fingerprint density at radius 3 is 2.57 bits per heavy atom. The minimum atomic E-state index is 0.136. The van der Waals surface area contributed by atoms with Gasteiger partial charge < -0.3 is 4.74 Å². The molecule has 1 aliphatic carbocycles. The molecule has 2 atom stereocenters. The molecule has 118 valence electrons. The summed E-state index contributed by atoms with van der Waals surface area (Å²) in [4.78, 5) is 0. The van der Waals surface area contributed by atoms with E-state index in [1.165, 1.54) is 43.3 Å². The van der Waals surface area contributed by atoms with Crippen LogP contribution in [0, 0.1) is 5.92 Å². The molecule has 2 aliphatic rings. The van der Waals surface area contributed by atoms with E-state index in [1.807, 2.05) is 0 Å². The van der Waals surface area contributed by atoms with Crippen molar-refractivity contribution in [2.24, 2.45) is 5.92 Å². The van der Waals surface area contributed by atoms with E-state index in [-0.39, 0.29) is 5.60 Å². The van der Waals surface area contributed by atoms with E-state index in [4.69, 9.17) is 4.74 Å². The third-order valence-electron chi connectivity index (χ3n) is 5.10. The molecular formula is C20H32O. The maximum absolute atomic E-state index is 6.01. The van der Waals surface area contributed by atoms with Gasteiger partial charge in [-0.3, -0.25) is 0 Å². The number of fused-ring (bicyclic) bond motifs is 1. The Bertz CT molecular complexity index is 452. The highest BCUT2D eigenvalue weighted by molar-refractivity contribution is 5.20. The minimum absolute atomic E-state index is 0.136. The monoisotopic (exact) mass is 288 g/mol. The van der Waals surface area contributed by atoms with E-state index < -0.39 is 0 Å². The number of hydrogen-bond acceptors (Lipinski definition) is 1. The molecule has 1 aliphatic heterocycles. The Kier molecular flexibility index (Phi) is 5.48. The molecule has 2 rings (SSSR count). The first-order chi connectivity index (χ1) is 9.90. The summed E-state index contributed by atoms with van der Waals surface area (Å²) in [5, 5.41) is 0. The molecule has 21 heavy (non-hydrogen) atoms. The molecule has 0 aromatic carbocycles. The van der Waals surface area contributed by atoms with Gasteiger partial charge in [0.05, 0.1) is 11.7 Å². The van der Waals surface area contributed by atoms with Gasteiger partial charge in [-0.2, -0.15) is 0 Å². The summed E-state index contributed by atoms with van der Waals surface area (Å²) in [6, 6.07) is 0. The largest absolute Gasteiger partial charge is 0.366 e. The van der Waals surface area contributed by atoms with Crippen molar-refractivity contribution >= 4 is 0 Å². The molecular weight excluding hydrogens is 256 g/mol. The van der Waals surface area contributed by atoms with Gasteiger partial charge in [-0.25, -0.2) is 0 Å². The molecule has 1 fully saturated rings. The molecule has 0 N–H and O–H groups in total. The van der Waals surface area contributed by atoms with E-state index in [0.29, 0.717) is 12.0 Å². The lowest BCUT2D eigenvalue weighted by atomic mass is 9.90. The van der Waals surface area contributed by atoms with Gasteiger partial charge in [0.2, 0.25) is 0 Å². The van der Waals surface area contributed by atoms with Crippen LogP contribution in [-0.2, 0) is 4.74 Å². The molecule has 0 bridgehead atoms. The molecule has 0 saturated carbocycles. The zero-order chi connectivity index (χ0) is 15.5. The van der Waals surface area contributed by atoms with Crippen LogP contribution in [-0.4, -0.2) is 11.7 Å². The van der Waals surface area contributed by atoms with Crippen LogP contribution in [0.5, 0.6) is 0 Å². The molecule has 1 heteroatoms. The highest BCUT2D eigenvalue weighted by Crippen LogP contribution is 2.44. The Hall–Kier alpha value is -0.820. The third kappa shape index (κ3) is 4.85. The van der Waals surface area contributed by atoms with Crippen molar-refractivity contribution < 1.29 is 4.74 Å². The summed E-state index contributed by atoms with van der Waals surface area (Å²) in [6.45, 7) is 11.4. The summed E-state index contributed by atoms with van der Waals surface area (Å²) in [5.41, 5.74) is 4.71. The lowest BCUT2D eigenvalue weighted by molar-refractivity contribution is 0.293. The van der Waals surface area contributed by atoms with Crippen LogP contribution in [0.3, 0.4) is 0 Å². The summed E-state index contributed by atoms with van der Waals surface area (Å²) >= 11 is 0. The van der Waals surface area contributed by atoms with Crippen molar-refractivity contribution in [3.8, 4) is 0 Å². The summed E-state index contributed by atoms with van der Waals surface area (Å²) in [5.74, 6) is 0.630. The molecule has 0 amide bonds. The van der Waals surface area contributed by atoms with Crippen molar-refractivity contribution in [3.63, 3.8) is 0 Å². The van der Waals surface area contributed by atoms with Crippen molar-refractivity contribution in [2.75, 3.05) is 0 Å². The molecule has 0 aromatic heterocycles. The lowest BCUT2D eigenvalue weighted by Crippen LogP contribution is -2.11. The second-order valence-corrected chi connectivity index (χ2v) is 7.46. The van der Waals surface area contributed by atoms with E-state index >= 15 is 0 Å². The maximum Gasteiger partial charge on any atom is 0.0923 e. The van der Waals surface area contributed by atoms with Crippen molar-refractivity contribution in [3.05, 3.63) is 34.9 Å². The third-order valence-corrected chi connectivity index (χ3v) is 5.10. The standard InChI is InChI=1S/C20H32O/c1-15(2)18-11-9-16(3)7-6-8-17(4)10-12-19-20(5,21-19)14-13-18/h8-9,11,15,19H,6-7,10,12-14H2,1-5H3/b16-9+,17-8+,18-11+/t19-,20-/m0/s1. The van der Waals surface area contributed by atoms with Gasteiger partial charge in [0.1, 0.15) is 0 Å². The molecule has 0 spiro atoms. The Morgan fingerprint density at radius 2 is 1.86 bits per heavy atom. The van der Waals surface area contributed by atoms with Gasteiger partial charge in [-0.1, -0.05) is 48.8 Å². The Morgan fingerprint density at radius 1 is 1.10 bits per heavy atom. The van der Waals surface area contributed by atoms with Crippen LogP contribution in [0.25, 0.3) is 0 Å². The second kappa shape index (κ2) is 6.96. The zero-order valence-corrected chi connectivity index (χ0v) is 14.5. The Balaban J connectivity index is 2.12. The fourth-order valence-corrected chi connectivity index (χ4v) is 3.17.